The van der Waals surface area contributed by atoms with Crippen molar-refractivity contribution < 1.29 is 4.74 Å². The number of nitrogens with zero attached hydrogens (tertiary/aromatic N) is 1. The van der Waals surface area contributed by atoms with Crippen LogP contribution in [0, 0.1) is 5.92 Å². The highest BCUT2D eigenvalue weighted by atomic mass is 32.1. The Kier molecular flexibility index (Phi) is 4.08. The lowest BCUT2D eigenvalue weighted by atomic mass is 10.0. The Morgan fingerprint density at radius 3 is 2.76 bits per heavy atom. The van der Waals surface area contributed by atoms with E-state index in [1.807, 2.05) is 12.1 Å². The molecule has 1 aliphatic rings. The van der Waals surface area contributed by atoms with E-state index in [-0.39, 0.29) is 0 Å². The lowest BCUT2D eigenvalue weighted by Crippen LogP contribution is -2.21. The maximum atomic E-state index is 5.85. The van der Waals surface area contributed by atoms with Crippen LogP contribution in [0.4, 0.5) is 5.69 Å². The van der Waals surface area contributed by atoms with Crippen molar-refractivity contribution in [2.75, 3.05) is 31.7 Å². The summed E-state index contributed by atoms with van der Waals surface area (Å²) in [6.45, 7) is 2.95. The molecule has 2 N–H and O–H groups in total. The van der Waals surface area contributed by atoms with Crippen LogP contribution in [0.2, 0.25) is 0 Å². The van der Waals surface area contributed by atoms with E-state index >= 15 is 0 Å². The number of thiocarbonyl (C=S) groups is 1. The molecule has 4 heteroatoms. The fraction of sp³-hybridized carbons (Fsp3) is 0.353. The van der Waals surface area contributed by atoms with E-state index in [0.717, 1.165) is 30.6 Å². The molecule has 0 radical (unpaired) electrons. The Bertz CT molecular complexity index is 671. The second-order valence-corrected chi connectivity index (χ2v) is 6.04. The minimum absolute atomic E-state index is 0.455. The fourth-order valence-electron chi connectivity index (χ4n) is 3.20. The van der Waals surface area contributed by atoms with Crippen LogP contribution in [0.1, 0.15) is 12.0 Å². The molecular weight excluding hydrogens is 280 g/mol. The van der Waals surface area contributed by atoms with E-state index < -0.39 is 0 Å². The summed E-state index contributed by atoms with van der Waals surface area (Å²) in [7, 11) is 1.77. The SMILES string of the molecule is COCC1CCN(c2ccc(C(N)=S)c3ccccc23)C1. The van der Waals surface area contributed by atoms with Crippen molar-refractivity contribution in [2.24, 2.45) is 11.7 Å². The van der Waals surface area contributed by atoms with Gasteiger partial charge in [0.05, 0.1) is 6.61 Å². The van der Waals surface area contributed by atoms with Gasteiger partial charge in [-0.15, -0.1) is 0 Å². The summed E-state index contributed by atoms with van der Waals surface area (Å²) in [5.74, 6) is 0.615. The first kappa shape index (κ1) is 14.3. The normalized spacial score (nSPS) is 18.3. The van der Waals surface area contributed by atoms with E-state index in [1.54, 1.807) is 7.11 Å². The number of ether oxygens (including phenoxy) is 1. The molecule has 2 aromatic rings. The molecule has 1 unspecified atom stereocenters. The average molecular weight is 300 g/mol. The van der Waals surface area contributed by atoms with Crippen LogP contribution in [-0.4, -0.2) is 31.8 Å². The van der Waals surface area contributed by atoms with Crippen LogP contribution in [0.5, 0.6) is 0 Å². The summed E-state index contributed by atoms with van der Waals surface area (Å²) in [5.41, 5.74) is 8.07. The summed E-state index contributed by atoms with van der Waals surface area (Å²) < 4.78 is 5.29. The Labute approximate surface area is 130 Å². The molecule has 0 spiro atoms. The third-order valence-electron chi connectivity index (χ3n) is 4.20. The molecule has 3 rings (SSSR count). The van der Waals surface area contributed by atoms with Gasteiger partial charge < -0.3 is 15.4 Å². The molecule has 3 nitrogen and oxygen atoms in total. The van der Waals surface area contributed by atoms with Crippen molar-refractivity contribution in [2.45, 2.75) is 6.42 Å². The zero-order valence-corrected chi connectivity index (χ0v) is 13.0. The van der Waals surface area contributed by atoms with Crippen molar-refractivity contribution in [3.05, 3.63) is 42.0 Å². The van der Waals surface area contributed by atoms with Crippen molar-refractivity contribution in [3.8, 4) is 0 Å². The molecular formula is C17H20N2OS. The van der Waals surface area contributed by atoms with Crippen LogP contribution in [0.3, 0.4) is 0 Å². The lowest BCUT2D eigenvalue weighted by Gasteiger charge is -2.22. The number of hydrogen-bond donors (Lipinski definition) is 1. The smallest absolute Gasteiger partial charge is 0.104 e. The molecule has 1 heterocycles. The van der Waals surface area contributed by atoms with Gasteiger partial charge in [0.15, 0.2) is 0 Å². The highest BCUT2D eigenvalue weighted by Gasteiger charge is 2.24. The number of benzene rings is 2. The minimum Gasteiger partial charge on any atom is -0.389 e. The van der Waals surface area contributed by atoms with Gasteiger partial charge >= 0.3 is 0 Å². The Morgan fingerprint density at radius 1 is 1.29 bits per heavy atom. The Balaban J connectivity index is 2.01. The van der Waals surface area contributed by atoms with Crippen molar-refractivity contribution in [1.82, 2.24) is 0 Å². The summed E-state index contributed by atoms with van der Waals surface area (Å²) in [6.07, 6.45) is 1.18. The third kappa shape index (κ3) is 2.74. The van der Waals surface area contributed by atoms with Crippen LogP contribution in [0.25, 0.3) is 10.8 Å². The van der Waals surface area contributed by atoms with E-state index in [9.17, 15) is 0 Å². The number of nitrogens with two attached hydrogens (primary N) is 1. The third-order valence-corrected chi connectivity index (χ3v) is 4.42. The zero-order valence-electron chi connectivity index (χ0n) is 12.2. The molecule has 1 aliphatic heterocycles. The Morgan fingerprint density at radius 2 is 2.05 bits per heavy atom. The molecule has 0 saturated carbocycles. The number of fused-ring (bicyclic) bond motifs is 1. The highest BCUT2D eigenvalue weighted by molar-refractivity contribution is 7.80. The topological polar surface area (TPSA) is 38.5 Å². The molecule has 0 aromatic heterocycles. The first-order valence-corrected chi connectivity index (χ1v) is 7.67. The predicted molar refractivity (Wildman–Crippen MR) is 92.0 cm³/mol. The monoisotopic (exact) mass is 300 g/mol. The van der Waals surface area contributed by atoms with E-state index in [2.05, 4.69) is 29.2 Å². The van der Waals surface area contributed by atoms with Crippen LogP contribution in [0.15, 0.2) is 36.4 Å². The quantitative estimate of drug-likeness (QED) is 0.881. The standard InChI is InChI=1S/C17H20N2OS/c1-20-11-12-8-9-19(10-12)16-7-6-15(17(18)21)13-4-2-3-5-14(13)16/h2-7,12H,8-11H2,1H3,(H2,18,21). The van der Waals surface area contributed by atoms with Gasteiger partial charge in [-0.3, -0.25) is 0 Å². The molecule has 1 saturated heterocycles. The molecule has 21 heavy (non-hydrogen) atoms. The fourth-order valence-corrected chi connectivity index (χ4v) is 3.37. The van der Waals surface area contributed by atoms with Gasteiger partial charge in [-0.1, -0.05) is 36.5 Å². The lowest BCUT2D eigenvalue weighted by molar-refractivity contribution is 0.161. The molecule has 0 amide bonds. The predicted octanol–water partition coefficient (Wildman–Crippen LogP) is 2.95. The van der Waals surface area contributed by atoms with Crippen LogP contribution < -0.4 is 10.6 Å². The van der Waals surface area contributed by atoms with Gasteiger partial charge in [-0.2, -0.15) is 0 Å². The molecule has 110 valence electrons. The first-order chi connectivity index (χ1) is 10.2. The summed E-state index contributed by atoms with van der Waals surface area (Å²) in [5, 5.41) is 2.36. The van der Waals surface area contributed by atoms with Gasteiger partial charge in [0.2, 0.25) is 0 Å². The number of methoxy groups -OCH3 is 1. The van der Waals surface area contributed by atoms with Crippen molar-refractivity contribution >= 4 is 33.7 Å². The second-order valence-electron chi connectivity index (χ2n) is 5.60. The van der Waals surface area contributed by atoms with Gasteiger partial charge in [0.25, 0.3) is 0 Å². The summed E-state index contributed by atoms with van der Waals surface area (Å²) >= 11 is 5.17. The maximum absolute atomic E-state index is 5.85. The van der Waals surface area contributed by atoms with Crippen molar-refractivity contribution in [3.63, 3.8) is 0 Å². The average Bonchev–Trinajstić information content (AvgIpc) is 2.94. The largest absolute Gasteiger partial charge is 0.389 e. The molecule has 0 bridgehead atoms. The minimum atomic E-state index is 0.455. The van der Waals surface area contributed by atoms with Gasteiger partial charge in [0, 0.05) is 42.8 Å². The maximum Gasteiger partial charge on any atom is 0.104 e. The zero-order chi connectivity index (χ0) is 14.8. The summed E-state index contributed by atoms with van der Waals surface area (Å²) in [6, 6.07) is 12.5. The molecule has 1 atom stereocenters. The van der Waals surface area contributed by atoms with E-state index in [1.165, 1.54) is 17.5 Å². The first-order valence-electron chi connectivity index (χ1n) is 7.26. The van der Waals surface area contributed by atoms with E-state index in [4.69, 9.17) is 22.7 Å². The Hall–Kier alpha value is -1.65. The second kappa shape index (κ2) is 6.00. The molecule has 0 aliphatic carbocycles. The summed E-state index contributed by atoms with van der Waals surface area (Å²) in [4.78, 5) is 2.89. The highest BCUT2D eigenvalue weighted by Crippen LogP contribution is 2.32. The molecule has 2 aromatic carbocycles. The number of hydrogen-bond acceptors (Lipinski definition) is 3. The molecule has 1 fully saturated rings. The van der Waals surface area contributed by atoms with Gasteiger partial charge in [0.1, 0.15) is 4.99 Å². The number of rotatable bonds is 4. The van der Waals surface area contributed by atoms with E-state index in [0.29, 0.717) is 10.9 Å². The van der Waals surface area contributed by atoms with Crippen molar-refractivity contribution in [1.29, 1.82) is 0 Å². The van der Waals surface area contributed by atoms with Crippen LogP contribution >= 0.6 is 12.2 Å². The van der Waals surface area contributed by atoms with Gasteiger partial charge in [-0.05, 0) is 23.9 Å². The van der Waals surface area contributed by atoms with Crippen LogP contribution in [-0.2, 0) is 4.74 Å². The van der Waals surface area contributed by atoms with Gasteiger partial charge in [-0.25, -0.2) is 0 Å². The number of anilines is 1.